The molecule has 1 fully saturated rings. The van der Waals surface area contributed by atoms with E-state index in [2.05, 4.69) is 15.5 Å². The lowest BCUT2D eigenvalue weighted by atomic mass is 10.2. The van der Waals surface area contributed by atoms with Crippen LogP contribution in [0.2, 0.25) is 0 Å². The van der Waals surface area contributed by atoms with Crippen LogP contribution in [0.25, 0.3) is 0 Å². The number of hydrogen-bond donors (Lipinski definition) is 2. The van der Waals surface area contributed by atoms with Crippen LogP contribution in [0.15, 0.2) is 4.52 Å². The Kier molecular flexibility index (Phi) is 2.79. The molecule has 5 heteroatoms. The number of nitrogens with two attached hydrogens (primary N) is 1. The number of nitrogens with zero attached hydrogens (tertiary/aromatic N) is 2. The second kappa shape index (κ2) is 4.06. The van der Waals surface area contributed by atoms with Crippen LogP contribution >= 0.6 is 0 Å². The van der Waals surface area contributed by atoms with Gasteiger partial charge in [-0.1, -0.05) is 12.1 Å². The smallest absolute Gasteiger partial charge is 0.243 e. The summed E-state index contributed by atoms with van der Waals surface area (Å²) in [6.07, 6.45) is 3.08. The maximum atomic E-state index is 5.79. The van der Waals surface area contributed by atoms with Crippen molar-refractivity contribution in [3.8, 4) is 0 Å². The van der Waals surface area contributed by atoms with Crippen LogP contribution < -0.4 is 11.1 Å². The van der Waals surface area contributed by atoms with E-state index in [-0.39, 0.29) is 12.1 Å². The van der Waals surface area contributed by atoms with E-state index in [1.54, 1.807) is 0 Å². The first-order valence-electron chi connectivity index (χ1n) is 5.13. The molecule has 1 aromatic heterocycles. The molecule has 0 amide bonds. The average molecular weight is 196 g/mol. The van der Waals surface area contributed by atoms with Crippen LogP contribution in [0.4, 0.5) is 0 Å². The van der Waals surface area contributed by atoms with E-state index in [9.17, 15) is 0 Å². The largest absolute Gasteiger partial charge is 0.338 e. The summed E-state index contributed by atoms with van der Waals surface area (Å²) in [6.45, 7) is 3.04. The first kappa shape index (κ1) is 9.61. The standard InChI is InChI=1S/C9H16N4O/c1-2-6(10)9-12-8(13-14-9)7-4-3-5-11-7/h6-7,11H,2-5,10H2,1H3/t6-,7?/m0/s1. The van der Waals surface area contributed by atoms with Crippen molar-refractivity contribution in [3.05, 3.63) is 11.7 Å². The molecule has 78 valence electrons. The van der Waals surface area contributed by atoms with Crippen molar-refractivity contribution in [2.75, 3.05) is 6.54 Å². The number of aromatic nitrogens is 2. The van der Waals surface area contributed by atoms with Crippen molar-refractivity contribution in [2.45, 2.75) is 38.3 Å². The summed E-state index contributed by atoms with van der Waals surface area (Å²) in [6, 6.07) is 0.134. The Bertz CT molecular complexity index is 293. The zero-order valence-corrected chi connectivity index (χ0v) is 8.36. The topological polar surface area (TPSA) is 77.0 Å². The van der Waals surface area contributed by atoms with E-state index in [0.29, 0.717) is 5.89 Å². The molecule has 2 atom stereocenters. The molecule has 2 heterocycles. The van der Waals surface area contributed by atoms with Crippen LogP contribution in [-0.4, -0.2) is 16.7 Å². The molecule has 5 nitrogen and oxygen atoms in total. The van der Waals surface area contributed by atoms with E-state index < -0.39 is 0 Å². The zero-order valence-electron chi connectivity index (χ0n) is 8.36. The van der Waals surface area contributed by atoms with E-state index in [4.69, 9.17) is 10.3 Å². The van der Waals surface area contributed by atoms with Gasteiger partial charge in [-0.2, -0.15) is 4.98 Å². The fourth-order valence-electron chi connectivity index (χ4n) is 1.62. The van der Waals surface area contributed by atoms with Gasteiger partial charge in [0.15, 0.2) is 5.82 Å². The Balaban J connectivity index is 2.08. The van der Waals surface area contributed by atoms with Gasteiger partial charge in [0.1, 0.15) is 0 Å². The van der Waals surface area contributed by atoms with Crippen molar-refractivity contribution in [3.63, 3.8) is 0 Å². The summed E-state index contributed by atoms with van der Waals surface area (Å²) in [4.78, 5) is 4.30. The maximum Gasteiger partial charge on any atom is 0.243 e. The fraction of sp³-hybridized carbons (Fsp3) is 0.778. The third-order valence-electron chi connectivity index (χ3n) is 2.59. The molecule has 0 bridgehead atoms. The van der Waals surface area contributed by atoms with Gasteiger partial charge in [-0.05, 0) is 25.8 Å². The molecule has 1 unspecified atom stereocenters. The Morgan fingerprint density at radius 2 is 2.57 bits per heavy atom. The van der Waals surface area contributed by atoms with Crippen LogP contribution in [-0.2, 0) is 0 Å². The second-order valence-corrected chi connectivity index (χ2v) is 3.65. The van der Waals surface area contributed by atoms with Gasteiger partial charge in [0.05, 0.1) is 12.1 Å². The summed E-state index contributed by atoms with van der Waals surface area (Å²) in [5, 5.41) is 7.26. The zero-order chi connectivity index (χ0) is 9.97. The number of nitrogens with one attached hydrogen (secondary N) is 1. The highest BCUT2D eigenvalue weighted by Crippen LogP contribution is 2.21. The van der Waals surface area contributed by atoms with Gasteiger partial charge in [0.25, 0.3) is 0 Å². The van der Waals surface area contributed by atoms with Gasteiger partial charge in [-0.15, -0.1) is 0 Å². The molecule has 2 rings (SSSR count). The molecule has 1 aromatic rings. The van der Waals surface area contributed by atoms with Crippen LogP contribution in [0, 0.1) is 0 Å². The first-order valence-corrected chi connectivity index (χ1v) is 5.13. The Morgan fingerprint density at radius 3 is 3.21 bits per heavy atom. The summed E-state index contributed by atoms with van der Waals surface area (Å²) < 4.78 is 5.10. The van der Waals surface area contributed by atoms with Gasteiger partial charge in [-0.3, -0.25) is 0 Å². The minimum atomic E-state index is -0.127. The van der Waals surface area contributed by atoms with Crippen molar-refractivity contribution in [1.29, 1.82) is 0 Å². The van der Waals surface area contributed by atoms with Gasteiger partial charge >= 0.3 is 0 Å². The maximum absolute atomic E-state index is 5.79. The average Bonchev–Trinajstić information content (AvgIpc) is 2.86. The monoisotopic (exact) mass is 196 g/mol. The lowest BCUT2D eigenvalue weighted by Gasteiger charge is -2.02. The molecule has 1 saturated heterocycles. The number of hydrogen-bond acceptors (Lipinski definition) is 5. The third-order valence-corrected chi connectivity index (χ3v) is 2.59. The van der Waals surface area contributed by atoms with E-state index in [1.165, 1.54) is 6.42 Å². The van der Waals surface area contributed by atoms with Crippen molar-refractivity contribution in [1.82, 2.24) is 15.5 Å². The molecule has 0 aromatic carbocycles. The Hall–Kier alpha value is -0.940. The molecule has 0 radical (unpaired) electrons. The van der Waals surface area contributed by atoms with Crippen LogP contribution in [0.5, 0.6) is 0 Å². The second-order valence-electron chi connectivity index (χ2n) is 3.65. The van der Waals surface area contributed by atoms with Crippen molar-refractivity contribution in [2.24, 2.45) is 5.73 Å². The summed E-state index contributed by atoms with van der Waals surface area (Å²) in [5.74, 6) is 1.30. The molecule has 0 spiro atoms. The van der Waals surface area contributed by atoms with Gasteiger partial charge < -0.3 is 15.6 Å². The summed E-state index contributed by atoms with van der Waals surface area (Å²) in [5.41, 5.74) is 5.79. The molecular formula is C9H16N4O. The fourth-order valence-corrected chi connectivity index (χ4v) is 1.62. The SMILES string of the molecule is CC[C@H](N)c1nc(C2CCCN2)no1. The highest BCUT2D eigenvalue weighted by atomic mass is 16.5. The van der Waals surface area contributed by atoms with Crippen molar-refractivity contribution < 1.29 is 4.52 Å². The first-order chi connectivity index (χ1) is 6.81. The highest BCUT2D eigenvalue weighted by Gasteiger charge is 2.22. The normalized spacial score (nSPS) is 24.0. The number of rotatable bonds is 3. The highest BCUT2D eigenvalue weighted by molar-refractivity contribution is 4.98. The molecular weight excluding hydrogens is 180 g/mol. The Labute approximate surface area is 83.1 Å². The van der Waals surface area contributed by atoms with E-state index in [1.807, 2.05) is 6.92 Å². The van der Waals surface area contributed by atoms with Crippen molar-refractivity contribution >= 4 is 0 Å². The van der Waals surface area contributed by atoms with Crippen LogP contribution in [0.3, 0.4) is 0 Å². The lowest BCUT2D eigenvalue weighted by Crippen LogP contribution is -2.15. The van der Waals surface area contributed by atoms with Gasteiger partial charge in [0, 0.05) is 0 Å². The summed E-state index contributed by atoms with van der Waals surface area (Å²) >= 11 is 0. The molecule has 0 saturated carbocycles. The van der Waals surface area contributed by atoms with Gasteiger partial charge in [0.2, 0.25) is 5.89 Å². The molecule has 14 heavy (non-hydrogen) atoms. The third kappa shape index (κ3) is 1.78. The molecule has 3 N–H and O–H groups in total. The molecule has 0 aliphatic carbocycles. The minimum absolute atomic E-state index is 0.127. The van der Waals surface area contributed by atoms with E-state index >= 15 is 0 Å². The Morgan fingerprint density at radius 1 is 1.71 bits per heavy atom. The predicted molar refractivity (Wildman–Crippen MR) is 51.5 cm³/mol. The van der Waals surface area contributed by atoms with Crippen LogP contribution in [0.1, 0.15) is 50.0 Å². The quantitative estimate of drug-likeness (QED) is 0.751. The predicted octanol–water partition coefficient (Wildman–Crippen LogP) is 0.904. The minimum Gasteiger partial charge on any atom is -0.338 e. The lowest BCUT2D eigenvalue weighted by molar-refractivity contribution is 0.345. The summed E-state index contributed by atoms with van der Waals surface area (Å²) in [7, 11) is 0. The van der Waals surface area contributed by atoms with Gasteiger partial charge in [-0.25, -0.2) is 0 Å². The van der Waals surface area contributed by atoms with E-state index in [0.717, 1.165) is 25.2 Å². The molecule has 1 aliphatic heterocycles. The molecule has 1 aliphatic rings.